The number of aryl methyl sites for hydroxylation is 1. The molecule has 0 radical (unpaired) electrons. The van der Waals surface area contributed by atoms with Crippen LogP contribution in [0.3, 0.4) is 0 Å². The smallest absolute Gasteiger partial charge is 0.246 e. The molecule has 4 rings (SSSR count). The third-order valence-corrected chi connectivity index (χ3v) is 6.21. The molecule has 1 amide bonds. The summed E-state index contributed by atoms with van der Waals surface area (Å²) in [6.07, 6.45) is 5.73. The fourth-order valence-corrected chi connectivity index (χ4v) is 4.53. The lowest BCUT2D eigenvalue weighted by Crippen LogP contribution is -2.41. The molecular formula is C24H33N3O4. The zero-order valence-electron chi connectivity index (χ0n) is 18.3. The molecule has 0 unspecified atom stereocenters. The molecule has 1 saturated carbocycles. The molecule has 168 valence electrons. The predicted octanol–water partition coefficient (Wildman–Crippen LogP) is 3.37. The van der Waals surface area contributed by atoms with E-state index >= 15 is 0 Å². The Balaban J connectivity index is 1.22. The summed E-state index contributed by atoms with van der Waals surface area (Å²) in [5.41, 5.74) is 8.69. The van der Waals surface area contributed by atoms with Crippen molar-refractivity contribution in [2.75, 3.05) is 32.2 Å². The number of pyridine rings is 1. The molecule has 0 spiro atoms. The number of nitrogens with one attached hydrogen (secondary N) is 1. The van der Waals surface area contributed by atoms with Gasteiger partial charge in [0.1, 0.15) is 12.4 Å². The SMILES string of the molecule is Cc1cc(N)c2c(O[C@H]3CC[C@H](NC(=O)COCC4CCOCC4)CC3)cccc2n1. The second kappa shape index (κ2) is 10.3. The molecule has 7 nitrogen and oxygen atoms in total. The van der Waals surface area contributed by atoms with E-state index in [2.05, 4.69) is 10.3 Å². The quantitative estimate of drug-likeness (QED) is 0.703. The topological polar surface area (TPSA) is 95.7 Å². The summed E-state index contributed by atoms with van der Waals surface area (Å²) in [7, 11) is 0. The number of ether oxygens (including phenoxy) is 3. The Labute approximate surface area is 183 Å². The van der Waals surface area contributed by atoms with Crippen LogP contribution >= 0.6 is 0 Å². The Hall–Kier alpha value is -2.38. The van der Waals surface area contributed by atoms with Gasteiger partial charge in [0.15, 0.2) is 0 Å². The normalized spacial score (nSPS) is 22.4. The Morgan fingerprint density at radius 2 is 1.97 bits per heavy atom. The zero-order chi connectivity index (χ0) is 21.6. The first kappa shape index (κ1) is 21.8. The monoisotopic (exact) mass is 427 g/mol. The molecule has 3 N–H and O–H groups in total. The van der Waals surface area contributed by atoms with Gasteiger partial charge in [0.2, 0.25) is 5.91 Å². The number of aromatic nitrogens is 1. The summed E-state index contributed by atoms with van der Waals surface area (Å²) >= 11 is 0. The number of amides is 1. The lowest BCUT2D eigenvalue weighted by molar-refractivity contribution is -0.127. The Morgan fingerprint density at radius 1 is 1.19 bits per heavy atom. The number of hydrogen-bond acceptors (Lipinski definition) is 6. The standard InChI is InChI=1S/C24H33N3O4/c1-16-13-20(25)24-21(26-16)3-2-4-22(24)31-19-7-5-18(6-8-19)27-23(28)15-30-14-17-9-11-29-12-10-17/h2-4,13,17-19H,5-12,14-15H2,1H3,(H2,25,26)(H,27,28)/t18-,19-. The molecule has 1 aromatic carbocycles. The maximum Gasteiger partial charge on any atom is 0.246 e. The van der Waals surface area contributed by atoms with Crippen LogP contribution < -0.4 is 15.8 Å². The Kier molecular flexibility index (Phi) is 7.25. The maximum absolute atomic E-state index is 12.2. The highest BCUT2D eigenvalue weighted by molar-refractivity contribution is 5.95. The van der Waals surface area contributed by atoms with E-state index < -0.39 is 0 Å². The van der Waals surface area contributed by atoms with Crippen LogP contribution in [-0.4, -0.2) is 49.5 Å². The fraction of sp³-hybridized carbons (Fsp3) is 0.583. The van der Waals surface area contributed by atoms with Crippen molar-refractivity contribution in [1.82, 2.24) is 10.3 Å². The van der Waals surface area contributed by atoms with Crippen LogP contribution in [0.2, 0.25) is 0 Å². The van der Waals surface area contributed by atoms with Gasteiger partial charge in [0.25, 0.3) is 0 Å². The van der Waals surface area contributed by atoms with E-state index in [9.17, 15) is 4.79 Å². The number of nitrogens with two attached hydrogens (primary N) is 1. The fourth-order valence-electron chi connectivity index (χ4n) is 4.53. The van der Waals surface area contributed by atoms with E-state index in [0.29, 0.717) is 18.2 Å². The van der Waals surface area contributed by atoms with Crippen molar-refractivity contribution in [3.8, 4) is 5.75 Å². The number of hydrogen-bond donors (Lipinski definition) is 2. The molecule has 1 aliphatic heterocycles. The van der Waals surface area contributed by atoms with Crippen molar-refractivity contribution < 1.29 is 19.0 Å². The Morgan fingerprint density at radius 3 is 2.74 bits per heavy atom. The van der Waals surface area contributed by atoms with Gasteiger partial charge in [-0.2, -0.15) is 0 Å². The summed E-state index contributed by atoms with van der Waals surface area (Å²) in [4.78, 5) is 16.8. The number of benzene rings is 1. The average Bonchev–Trinajstić information content (AvgIpc) is 2.75. The number of rotatable bonds is 7. The highest BCUT2D eigenvalue weighted by atomic mass is 16.5. The van der Waals surface area contributed by atoms with Gasteiger partial charge >= 0.3 is 0 Å². The molecule has 2 aromatic rings. The highest BCUT2D eigenvalue weighted by Crippen LogP contribution is 2.33. The lowest BCUT2D eigenvalue weighted by Gasteiger charge is -2.30. The molecule has 0 bridgehead atoms. The van der Waals surface area contributed by atoms with E-state index in [1.165, 1.54) is 0 Å². The van der Waals surface area contributed by atoms with Crippen molar-refractivity contribution >= 4 is 22.5 Å². The van der Waals surface area contributed by atoms with Gasteiger partial charge in [-0.15, -0.1) is 0 Å². The summed E-state index contributed by atoms with van der Waals surface area (Å²) in [5, 5.41) is 3.99. The van der Waals surface area contributed by atoms with E-state index in [-0.39, 0.29) is 24.7 Å². The van der Waals surface area contributed by atoms with Crippen molar-refractivity contribution in [3.05, 3.63) is 30.0 Å². The highest BCUT2D eigenvalue weighted by Gasteiger charge is 2.24. The number of nitrogens with zero attached hydrogens (tertiary/aromatic N) is 1. The van der Waals surface area contributed by atoms with E-state index in [4.69, 9.17) is 19.9 Å². The average molecular weight is 428 g/mol. The summed E-state index contributed by atoms with van der Waals surface area (Å²) in [6.45, 7) is 4.31. The second-order valence-electron chi connectivity index (χ2n) is 8.73. The number of carbonyl (C=O) groups excluding carboxylic acids is 1. The van der Waals surface area contributed by atoms with Gasteiger partial charge in [-0.3, -0.25) is 9.78 Å². The minimum absolute atomic E-state index is 0.0281. The van der Waals surface area contributed by atoms with Crippen LogP contribution in [0.25, 0.3) is 10.9 Å². The van der Waals surface area contributed by atoms with E-state index in [1.807, 2.05) is 31.2 Å². The summed E-state index contributed by atoms with van der Waals surface area (Å²) in [5.74, 6) is 1.27. The van der Waals surface area contributed by atoms with Crippen LogP contribution in [0.5, 0.6) is 5.75 Å². The molecule has 2 heterocycles. The van der Waals surface area contributed by atoms with Crippen molar-refractivity contribution in [2.24, 2.45) is 5.92 Å². The molecule has 2 aliphatic rings. The van der Waals surface area contributed by atoms with Crippen LogP contribution in [0.15, 0.2) is 24.3 Å². The number of carbonyl (C=O) groups is 1. The largest absolute Gasteiger partial charge is 0.490 e. The van der Waals surface area contributed by atoms with Gasteiger partial charge in [0, 0.05) is 30.6 Å². The van der Waals surface area contributed by atoms with Gasteiger partial charge in [-0.05, 0) is 69.6 Å². The van der Waals surface area contributed by atoms with Crippen LogP contribution in [0.1, 0.15) is 44.2 Å². The van der Waals surface area contributed by atoms with Crippen LogP contribution in [0, 0.1) is 12.8 Å². The molecule has 2 fully saturated rings. The zero-order valence-corrected chi connectivity index (χ0v) is 18.3. The first-order valence-electron chi connectivity index (χ1n) is 11.4. The van der Waals surface area contributed by atoms with Crippen LogP contribution in [-0.2, 0) is 14.3 Å². The van der Waals surface area contributed by atoms with Crippen molar-refractivity contribution in [1.29, 1.82) is 0 Å². The summed E-state index contributed by atoms with van der Waals surface area (Å²) < 4.78 is 17.3. The molecule has 31 heavy (non-hydrogen) atoms. The Bertz CT molecular complexity index is 890. The number of fused-ring (bicyclic) bond motifs is 1. The van der Waals surface area contributed by atoms with Crippen molar-refractivity contribution in [2.45, 2.75) is 57.6 Å². The minimum atomic E-state index is -0.0281. The molecule has 1 aliphatic carbocycles. The van der Waals surface area contributed by atoms with E-state index in [1.54, 1.807) is 0 Å². The summed E-state index contributed by atoms with van der Waals surface area (Å²) in [6, 6.07) is 7.93. The van der Waals surface area contributed by atoms with Crippen LogP contribution in [0.4, 0.5) is 5.69 Å². The number of nitrogen functional groups attached to an aromatic ring is 1. The van der Waals surface area contributed by atoms with Gasteiger partial charge in [-0.1, -0.05) is 6.07 Å². The lowest BCUT2D eigenvalue weighted by atomic mass is 9.93. The minimum Gasteiger partial charge on any atom is -0.490 e. The van der Waals surface area contributed by atoms with Crippen molar-refractivity contribution in [3.63, 3.8) is 0 Å². The predicted molar refractivity (Wildman–Crippen MR) is 120 cm³/mol. The number of anilines is 1. The third-order valence-electron chi connectivity index (χ3n) is 6.21. The molecule has 1 saturated heterocycles. The molecule has 0 atom stereocenters. The molecular weight excluding hydrogens is 394 g/mol. The maximum atomic E-state index is 12.2. The third kappa shape index (κ3) is 5.86. The molecule has 7 heteroatoms. The van der Waals surface area contributed by atoms with Gasteiger partial charge in [-0.25, -0.2) is 0 Å². The van der Waals surface area contributed by atoms with E-state index in [0.717, 1.165) is 74.1 Å². The van der Waals surface area contributed by atoms with Gasteiger partial charge in [0.05, 0.1) is 23.6 Å². The molecule has 1 aromatic heterocycles. The first-order chi connectivity index (χ1) is 15.1. The second-order valence-corrected chi connectivity index (χ2v) is 8.73. The van der Waals surface area contributed by atoms with Gasteiger partial charge < -0.3 is 25.3 Å². The first-order valence-corrected chi connectivity index (χ1v) is 11.4.